The van der Waals surface area contributed by atoms with E-state index in [2.05, 4.69) is 19.2 Å². The third-order valence-electron chi connectivity index (χ3n) is 3.54. The summed E-state index contributed by atoms with van der Waals surface area (Å²) in [6.07, 6.45) is 2.02. The maximum absolute atomic E-state index is 12.3. The molecule has 1 heterocycles. The Labute approximate surface area is 121 Å². The lowest BCUT2D eigenvalue weighted by molar-refractivity contribution is -0.117. The van der Waals surface area contributed by atoms with Gasteiger partial charge in [0.05, 0.1) is 13.7 Å². The zero-order chi connectivity index (χ0) is 14.5. The van der Waals surface area contributed by atoms with E-state index >= 15 is 0 Å². The number of nitrogens with one attached hydrogen (secondary N) is 1. The molecular weight excluding hydrogens is 252 g/mol. The molecule has 1 aliphatic heterocycles. The summed E-state index contributed by atoms with van der Waals surface area (Å²) in [6, 6.07) is 5.95. The molecule has 1 aromatic rings. The van der Waals surface area contributed by atoms with Crippen molar-refractivity contribution in [2.75, 3.05) is 31.6 Å². The molecule has 20 heavy (non-hydrogen) atoms. The minimum absolute atomic E-state index is 0.150. The summed E-state index contributed by atoms with van der Waals surface area (Å²) in [5.74, 6) is 1.56. The van der Waals surface area contributed by atoms with Crippen LogP contribution in [-0.4, -0.2) is 32.7 Å². The Morgan fingerprint density at radius 3 is 2.95 bits per heavy atom. The maximum atomic E-state index is 12.3. The van der Waals surface area contributed by atoms with Crippen LogP contribution in [0, 0.1) is 5.92 Å². The summed E-state index contributed by atoms with van der Waals surface area (Å²) in [4.78, 5) is 14.2. The summed E-state index contributed by atoms with van der Waals surface area (Å²) >= 11 is 0. The van der Waals surface area contributed by atoms with Gasteiger partial charge in [0, 0.05) is 12.2 Å². The Morgan fingerprint density at radius 2 is 2.25 bits per heavy atom. The van der Waals surface area contributed by atoms with E-state index in [1.54, 1.807) is 7.11 Å². The van der Waals surface area contributed by atoms with Crippen LogP contribution in [0.15, 0.2) is 18.2 Å². The van der Waals surface area contributed by atoms with Crippen molar-refractivity contribution in [1.29, 1.82) is 0 Å². The van der Waals surface area contributed by atoms with Gasteiger partial charge in [-0.05, 0) is 49.1 Å². The second-order valence-electron chi connectivity index (χ2n) is 5.67. The van der Waals surface area contributed by atoms with E-state index < -0.39 is 0 Å². The van der Waals surface area contributed by atoms with Crippen molar-refractivity contribution in [3.8, 4) is 5.75 Å². The summed E-state index contributed by atoms with van der Waals surface area (Å²) in [5.41, 5.74) is 2.24. The van der Waals surface area contributed by atoms with E-state index in [4.69, 9.17) is 4.74 Å². The number of anilines is 1. The van der Waals surface area contributed by atoms with Crippen molar-refractivity contribution in [2.45, 2.75) is 26.7 Å². The highest BCUT2D eigenvalue weighted by molar-refractivity contribution is 5.96. The first-order chi connectivity index (χ1) is 9.61. The van der Waals surface area contributed by atoms with Gasteiger partial charge in [0.2, 0.25) is 5.91 Å². The predicted octanol–water partition coefficient (Wildman–Crippen LogP) is 2.22. The zero-order valence-electron chi connectivity index (χ0n) is 12.6. The number of ether oxygens (including phenoxy) is 1. The number of hydrogen-bond donors (Lipinski definition) is 1. The number of amides is 1. The van der Waals surface area contributed by atoms with Crippen molar-refractivity contribution in [2.24, 2.45) is 5.92 Å². The first-order valence-electron chi connectivity index (χ1n) is 7.30. The number of aryl methyl sites for hydroxylation is 1. The molecule has 1 aliphatic rings. The van der Waals surface area contributed by atoms with E-state index in [-0.39, 0.29) is 5.91 Å². The number of fused-ring (bicyclic) bond motifs is 1. The van der Waals surface area contributed by atoms with Crippen molar-refractivity contribution in [3.05, 3.63) is 23.8 Å². The molecule has 1 N–H and O–H groups in total. The van der Waals surface area contributed by atoms with Gasteiger partial charge in [0.15, 0.2) is 0 Å². The second-order valence-corrected chi connectivity index (χ2v) is 5.67. The van der Waals surface area contributed by atoms with Crippen LogP contribution in [-0.2, 0) is 11.2 Å². The molecule has 0 saturated carbocycles. The largest absolute Gasteiger partial charge is 0.497 e. The highest BCUT2D eigenvalue weighted by Gasteiger charge is 2.22. The van der Waals surface area contributed by atoms with Gasteiger partial charge in [0.1, 0.15) is 5.75 Å². The van der Waals surface area contributed by atoms with E-state index in [0.29, 0.717) is 12.5 Å². The van der Waals surface area contributed by atoms with Gasteiger partial charge in [0.25, 0.3) is 0 Å². The number of nitrogens with zero attached hydrogens (tertiary/aromatic N) is 1. The average Bonchev–Trinajstić information content (AvgIpc) is 2.45. The monoisotopic (exact) mass is 276 g/mol. The number of carbonyl (C=O) groups is 1. The summed E-state index contributed by atoms with van der Waals surface area (Å²) in [7, 11) is 1.67. The van der Waals surface area contributed by atoms with Gasteiger partial charge < -0.3 is 15.0 Å². The van der Waals surface area contributed by atoms with Crippen LogP contribution in [0.1, 0.15) is 25.8 Å². The van der Waals surface area contributed by atoms with Crippen molar-refractivity contribution >= 4 is 11.6 Å². The molecule has 1 amide bonds. The third-order valence-corrected chi connectivity index (χ3v) is 3.54. The summed E-state index contributed by atoms with van der Waals surface area (Å²) < 4.78 is 5.25. The molecule has 0 atom stereocenters. The molecule has 0 aliphatic carbocycles. The third kappa shape index (κ3) is 3.51. The van der Waals surface area contributed by atoms with Gasteiger partial charge in [-0.3, -0.25) is 4.79 Å². The molecule has 110 valence electrons. The van der Waals surface area contributed by atoms with Crippen LogP contribution in [0.3, 0.4) is 0 Å². The SMILES string of the molecule is COc1ccc2c(c1)CCCN2C(=O)CNCC(C)C. The first-order valence-corrected chi connectivity index (χ1v) is 7.30. The Balaban J connectivity index is 2.06. The second kappa shape index (κ2) is 6.75. The normalized spacial score (nSPS) is 14.3. The Morgan fingerprint density at radius 1 is 1.45 bits per heavy atom. The molecule has 0 saturated heterocycles. The standard InChI is InChI=1S/C16H24N2O2/c1-12(2)10-17-11-16(19)18-8-4-5-13-9-14(20-3)6-7-15(13)18/h6-7,9,12,17H,4-5,8,10-11H2,1-3H3. The minimum Gasteiger partial charge on any atom is -0.497 e. The molecule has 0 bridgehead atoms. The van der Waals surface area contributed by atoms with E-state index in [9.17, 15) is 4.79 Å². The number of benzene rings is 1. The molecule has 4 heteroatoms. The van der Waals surface area contributed by atoms with Gasteiger partial charge in [-0.2, -0.15) is 0 Å². The molecule has 0 unspecified atom stereocenters. The quantitative estimate of drug-likeness (QED) is 0.896. The Hall–Kier alpha value is -1.55. The van der Waals surface area contributed by atoms with Gasteiger partial charge in [-0.1, -0.05) is 13.8 Å². The van der Waals surface area contributed by atoms with Crippen LogP contribution in [0.4, 0.5) is 5.69 Å². The summed E-state index contributed by atoms with van der Waals surface area (Å²) in [5, 5.41) is 3.22. The molecular formula is C16H24N2O2. The lowest BCUT2D eigenvalue weighted by Crippen LogP contribution is -2.41. The molecule has 0 radical (unpaired) electrons. The average molecular weight is 276 g/mol. The van der Waals surface area contributed by atoms with Gasteiger partial charge >= 0.3 is 0 Å². The Bertz CT molecular complexity index is 472. The fourth-order valence-electron chi connectivity index (χ4n) is 2.52. The highest BCUT2D eigenvalue weighted by atomic mass is 16.5. The van der Waals surface area contributed by atoms with Crippen LogP contribution >= 0.6 is 0 Å². The molecule has 0 aromatic heterocycles. The lowest BCUT2D eigenvalue weighted by Gasteiger charge is -2.30. The molecule has 0 spiro atoms. The molecule has 4 nitrogen and oxygen atoms in total. The number of rotatable bonds is 5. The summed E-state index contributed by atoms with van der Waals surface area (Å²) in [6.45, 7) is 6.36. The number of methoxy groups -OCH3 is 1. The fourth-order valence-corrected chi connectivity index (χ4v) is 2.52. The zero-order valence-corrected chi connectivity index (χ0v) is 12.6. The number of carbonyl (C=O) groups excluding carboxylic acids is 1. The first kappa shape index (κ1) is 14.9. The van der Waals surface area contributed by atoms with Crippen LogP contribution < -0.4 is 15.0 Å². The highest BCUT2D eigenvalue weighted by Crippen LogP contribution is 2.30. The topological polar surface area (TPSA) is 41.6 Å². The fraction of sp³-hybridized carbons (Fsp3) is 0.562. The Kier molecular flexibility index (Phi) is 5.01. The maximum Gasteiger partial charge on any atom is 0.240 e. The van der Waals surface area contributed by atoms with E-state index in [1.807, 2.05) is 23.1 Å². The molecule has 2 rings (SSSR count). The molecule has 0 fully saturated rings. The lowest BCUT2D eigenvalue weighted by atomic mass is 10.0. The minimum atomic E-state index is 0.150. The van der Waals surface area contributed by atoms with Crippen molar-refractivity contribution in [3.63, 3.8) is 0 Å². The van der Waals surface area contributed by atoms with Crippen molar-refractivity contribution < 1.29 is 9.53 Å². The number of hydrogen-bond acceptors (Lipinski definition) is 3. The van der Waals surface area contributed by atoms with Gasteiger partial charge in [-0.15, -0.1) is 0 Å². The predicted molar refractivity (Wildman–Crippen MR) is 81.4 cm³/mol. The smallest absolute Gasteiger partial charge is 0.240 e. The van der Waals surface area contributed by atoms with Crippen LogP contribution in [0.2, 0.25) is 0 Å². The van der Waals surface area contributed by atoms with Crippen LogP contribution in [0.5, 0.6) is 5.75 Å². The van der Waals surface area contributed by atoms with Crippen LogP contribution in [0.25, 0.3) is 0 Å². The van der Waals surface area contributed by atoms with E-state index in [1.165, 1.54) is 5.56 Å². The van der Waals surface area contributed by atoms with E-state index in [0.717, 1.165) is 37.4 Å². The van der Waals surface area contributed by atoms with Gasteiger partial charge in [-0.25, -0.2) is 0 Å². The van der Waals surface area contributed by atoms with Crippen molar-refractivity contribution in [1.82, 2.24) is 5.32 Å². The molecule has 1 aromatic carbocycles.